The maximum Gasteiger partial charge on any atom is 0.164 e. The van der Waals surface area contributed by atoms with Crippen LogP contribution >= 0.6 is 0 Å². The van der Waals surface area contributed by atoms with Gasteiger partial charge in [0.1, 0.15) is 5.58 Å². The molecule has 0 amide bonds. The van der Waals surface area contributed by atoms with Crippen molar-refractivity contribution in [2.45, 2.75) is 0 Å². The number of hydrogen-bond acceptors (Lipinski definition) is 5. The summed E-state index contributed by atoms with van der Waals surface area (Å²) in [6.45, 7) is 0. The fraction of sp³-hybridized carbons (Fsp3) is 0. The molecule has 0 aliphatic carbocycles. The molecule has 0 aliphatic rings. The molecule has 0 spiro atoms. The first-order chi connectivity index (χ1) is 29.8. The molecule has 10 rings (SSSR count). The topological polar surface area (TPSA) is 55.1 Å². The van der Waals surface area contributed by atoms with Gasteiger partial charge < -0.3 is 9.32 Å². The van der Waals surface area contributed by atoms with Crippen molar-refractivity contribution in [3.8, 4) is 56.4 Å². The van der Waals surface area contributed by atoms with Crippen LogP contribution in [0.2, 0.25) is 0 Å². The third kappa shape index (κ3) is 6.17. The molecule has 5 heteroatoms. The van der Waals surface area contributed by atoms with Crippen molar-refractivity contribution in [1.29, 1.82) is 0 Å². The second-order valence-corrected chi connectivity index (χ2v) is 13.3. The van der Waals surface area contributed by atoms with Gasteiger partial charge in [-0.3, -0.25) is 0 Å². The molecule has 0 bridgehead atoms. The van der Waals surface area contributed by atoms with Crippen LogP contribution in [0.25, 0.3) is 78.4 Å². The fourth-order valence-electron chi connectivity index (χ4n) is 7.16. The van der Waals surface area contributed by atoms with Crippen LogP contribution in [-0.4, -0.2) is 15.0 Å². The number of rotatable bonds is 8. The molecule has 0 aliphatic heterocycles. The average molecular weight is 724 g/mol. The van der Waals surface area contributed by atoms with Gasteiger partial charge in [-0.15, -0.1) is 0 Å². The average Bonchev–Trinajstić information content (AvgIpc) is 3.72. The summed E-state index contributed by atoms with van der Waals surface area (Å²) >= 11 is 0. The van der Waals surface area contributed by atoms with Gasteiger partial charge in [0.15, 0.2) is 23.1 Å². The molecule has 0 unspecified atom stereocenters. The first-order valence-corrected chi connectivity index (χ1v) is 18.3. The number of benzene rings is 8. The van der Waals surface area contributed by atoms with Gasteiger partial charge in [0, 0.05) is 38.8 Å². The Morgan fingerprint density at radius 2 is 0.893 bits per heavy atom. The second-order valence-electron chi connectivity index (χ2n) is 13.3. The van der Waals surface area contributed by atoms with E-state index < -0.39 is 30.2 Å². The van der Waals surface area contributed by atoms with Gasteiger partial charge in [0.05, 0.1) is 12.5 Å². The minimum absolute atomic E-state index is 0.0375. The lowest BCUT2D eigenvalue weighted by Gasteiger charge is -2.26. The first-order valence-electron chi connectivity index (χ1n) is 20.8. The lowest BCUT2D eigenvalue weighted by molar-refractivity contribution is 0.669. The Kier molecular flexibility index (Phi) is 7.13. The Labute approximate surface area is 331 Å². The zero-order chi connectivity index (χ0) is 41.6. The van der Waals surface area contributed by atoms with E-state index in [1.54, 1.807) is 0 Å². The van der Waals surface area contributed by atoms with Gasteiger partial charge in [-0.2, -0.15) is 0 Å². The van der Waals surface area contributed by atoms with Crippen LogP contribution in [0.1, 0.15) is 6.85 Å². The van der Waals surface area contributed by atoms with Crippen molar-refractivity contribution in [1.82, 2.24) is 15.0 Å². The molecule has 56 heavy (non-hydrogen) atoms. The van der Waals surface area contributed by atoms with E-state index in [0.29, 0.717) is 22.3 Å². The van der Waals surface area contributed by atoms with Crippen molar-refractivity contribution in [3.63, 3.8) is 0 Å². The molecule has 8 aromatic carbocycles. The second kappa shape index (κ2) is 14.3. The highest BCUT2D eigenvalue weighted by atomic mass is 16.3. The highest BCUT2D eigenvalue weighted by Gasteiger charge is 2.24. The quantitative estimate of drug-likeness (QED) is 0.156. The normalized spacial score (nSPS) is 12.5. The minimum Gasteiger partial charge on any atom is -0.454 e. The summed E-state index contributed by atoms with van der Waals surface area (Å²) in [5.74, 6) is 0.505. The first kappa shape index (κ1) is 27.9. The van der Waals surface area contributed by atoms with Crippen LogP contribution in [0.5, 0.6) is 0 Å². The highest BCUT2D eigenvalue weighted by Crippen LogP contribution is 2.46. The summed E-state index contributed by atoms with van der Waals surface area (Å²) in [6.07, 6.45) is 0. The smallest absolute Gasteiger partial charge is 0.164 e. The van der Waals surface area contributed by atoms with Crippen LogP contribution in [0, 0.1) is 0 Å². The molecular formula is C51H34N4O. The Balaban J connectivity index is 1.21. The molecule has 0 N–H and O–H groups in total. The molecular weight excluding hydrogens is 685 g/mol. The third-order valence-electron chi connectivity index (χ3n) is 9.84. The lowest BCUT2D eigenvalue weighted by atomic mass is 10.0. The predicted molar refractivity (Wildman–Crippen MR) is 229 cm³/mol. The number of anilines is 3. The third-order valence-corrected chi connectivity index (χ3v) is 9.84. The maximum atomic E-state index is 8.81. The molecule has 10 aromatic rings. The molecule has 0 radical (unpaired) electrons. The largest absolute Gasteiger partial charge is 0.454 e. The molecule has 0 saturated heterocycles. The molecule has 5 nitrogen and oxygen atoms in total. The van der Waals surface area contributed by atoms with E-state index in [0.717, 1.165) is 50.1 Å². The van der Waals surface area contributed by atoms with Crippen molar-refractivity contribution in [2.75, 3.05) is 4.90 Å². The molecule has 2 aromatic heterocycles. The number of nitrogens with zero attached hydrogens (tertiary/aromatic N) is 4. The van der Waals surface area contributed by atoms with Crippen LogP contribution in [0.4, 0.5) is 17.1 Å². The Bertz CT molecular complexity index is 3120. The number of furan rings is 1. The van der Waals surface area contributed by atoms with Gasteiger partial charge in [-0.1, -0.05) is 164 Å². The van der Waals surface area contributed by atoms with E-state index in [2.05, 4.69) is 77.7 Å². The van der Waals surface area contributed by atoms with Crippen molar-refractivity contribution < 1.29 is 11.3 Å². The van der Waals surface area contributed by atoms with E-state index in [-0.39, 0.29) is 23.0 Å². The van der Waals surface area contributed by atoms with Crippen LogP contribution in [0.3, 0.4) is 0 Å². The SMILES string of the molecule is [2H]c1c([2H])c([2H])c(-c2nc(-c3ccccc3)nc(-c3ccc(N(c4ccc(-c5ccccc5)cc4)c4ccc(-c5ccccc5)cc4)c4oc5ccccc5c34)n2)c([2H])c1[2H]. The fourth-order valence-corrected chi connectivity index (χ4v) is 7.16. The van der Waals surface area contributed by atoms with Gasteiger partial charge in [-0.25, -0.2) is 15.0 Å². The van der Waals surface area contributed by atoms with Gasteiger partial charge in [0.25, 0.3) is 0 Å². The number of para-hydroxylation sites is 1. The van der Waals surface area contributed by atoms with Gasteiger partial charge in [0.2, 0.25) is 0 Å². The van der Waals surface area contributed by atoms with Crippen molar-refractivity contribution in [3.05, 3.63) is 206 Å². The van der Waals surface area contributed by atoms with Crippen molar-refractivity contribution in [2.24, 2.45) is 0 Å². The monoisotopic (exact) mass is 723 g/mol. The van der Waals surface area contributed by atoms with E-state index >= 15 is 0 Å². The summed E-state index contributed by atoms with van der Waals surface area (Å²) in [7, 11) is 0. The number of aromatic nitrogens is 3. The summed E-state index contributed by atoms with van der Waals surface area (Å²) in [5, 5.41) is 1.58. The Morgan fingerprint density at radius 3 is 1.48 bits per heavy atom. The Hall–Kier alpha value is -7.63. The minimum atomic E-state index is -0.493. The number of hydrogen-bond donors (Lipinski definition) is 0. The van der Waals surface area contributed by atoms with E-state index in [4.69, 9.17) is 26.2 Å². The summed E-state index contributed by atoms with van der Waals surface area (Å²) in [5.41, 5.74) is 9.45. The summed E-state index contributed by atoms with van der Waals surface area (Å²) in [4.78, 5) is 16.8. The molecule has 0 saturated carbocycles. The molecule has 2 heterocycles. The Morgan fingerprint density at radius 1 is 0.411 bits per heavy atom. The van der Waals surface area contributed by atoms with Crippen molar-refractivity contribution >= 4 is 39.0 Å². The summed E-state index contributed by atoms with van der Waals surface area (Å²) in [6, 6.07) is 56.3. The molecule has 264 valence electrons. The van der Waals surface area contributed by atoms with Gasteiger partial charge in [-0.05, 0) is 64.7 Å². The summed E-state index contributed by atoms with van der Waals surface area (Å²) < 4.78 is 49.5. The lowest BCUT2D eigenvalue weighted by Crippen LogP contribution is -2.10. The van der Waals surface area contributed by atoms with Crippen LogP contribution in [-0.2, 0) is 0 Å². The van der Waals surface area contributed by atoms with Crippen LogP contribution in [0.15, 0.2) is 211 Å². The zero-order valence-corrected chi connectivity index (χ0v) is 29.9. The maximum absolute atomic E-state index is 8.81. The van der Waals surface area contributed by atoms with E-state index in [1.807, 2.05) is 103 Å². The van der Waals surface area contributed by atoms with E-state index in [9.17, 15) is 0 Å². The standard InChI is InChI=1S/C51H34N4O/c1-5-15-35(16-6-1)37-25-29-41(30-26-37)55(42-31-27-38(28-32-42)36-17-7-2-8-18-36)45-34-33-44(47-43-23-13-14-24-46(43)56-48(45)47)51-53-49(39-19-9-3-10-20-39)52-50(54-51)40-21-11-4-12-22-40/h1-34H/i3D,9D,10D,19D,20D. The molecule has 0 atom stereocenters. The van der Waals surface area contributed by atoms with Crippen LogP contribution < -0.4 is 4.90 Å². The highest BCUT2D eigenvalue weighted by molar-refractivity contribution is 6.16. The number of fused-ring (bicyclic) bond motifs is 3. The molecule has 0 fully saturated rings. The van der Waals surface area contributed by atoms with Gasteiger partial charge >= 0.3 is 0 Å². The van der Waals surface area contributed by atoms with E-state index in [1.165, 1.54) is 0 Å². The zero-order valence-electron chi connectivity index (χ0n) is 34.9. The predicted octanol–water partition coefficient (Wildman–Crippen LogP) is 13.6.